The first-order valence-electron chi connectivity index (χ1n) is 12.0. The van der Waals surface area contributed by atoms with Crippen LogP contribution in [0.5, 0.6) is 0 Å². The van der Waals surface area contributed by atoms with E-state index < -0.39 is 8.32 Å². The number of rotatable bonds is 7. The zero-order valence-electron chi connectivity index (χ0n) is 19.1. The first-order valence-corrected chi connectivity index (χ1v) is 13.9. The molecule has 2 aliphatic carbocycles. The van der Waals surface area contributed by atoms with Crippen molar-refractivity contribution in [1.29, 1.82) is 0 Å². The molecule has 31 heavy (non-hydrogen) atoms. The van der Waals surface area contributed by atoms with Gasteiger partial charge in [-0.15, -0.1) is 0 Å². The van der Waals surface area contributed by atoms with Gasteiger partial charge in [-0.2, -0.15) is 0 Å². The lowest BCUT2D eigenvalue weighted by Gasteiger charge is -2.43. The van der Waals surface area contributed by atoms with Gasteiger partial charge in [0.2, 0.25) is 0 Å². The van der Waals surface area contributed by atoms with Crippen LogP contribution >= 0.6 is 0 Å². The molecule has 2 saturated carbocycles. The van der Waals surface area contributed by atoms with Crippen molar-refractivity contribution in [3.05, 3.63) is 60.7 Å². The standard InChI is InChI=1S/C26H35BO3Si/c1-26(2,3)31(21-11-6-4-7-12-21,22-13-8-5-9-14-22)30-19-20-17-23(20)24-18-25(24)27-28-15-10-16-29-27/h4-9,11-14,20,23-25H,10,15-19H2,1-3H3/t20-,23-,24-,25-/m0/s1. The molecule has 3 fully saturated rings. The van der Waals surface area contributed by atoms with Gasteiger partial charge in [0.15, 0.2) is 0 Å². The molecule has 5 heteroatoms. The highest BCUT2D eigenvalue weighted by Gasteiger charge is 2.59. The Morgan fingerprint density at radius 3 is 2.00 bits per heavy atom. The first kappa shape index (κ1) is 21.4. The molecule has 0 radical (unpaired) electrons. The second kappa shape index (κ2) is 8.51. The maximum absolute atomic E-state index is 7.16. The molecule has 164 valence electrons. The predicted octanol–water partition coefficient (Wildman–Crippen LogP) is 4.51. The highest BCUT2D eigenvalue weighted by atomic mass is 28.4. The van der Waals surface area contributed by atoms with E-state index in [9.17, 15) is 0 Å². The summed E-state index contributed by atoms with van der Waals surface area (Å²) in [6, 6.07) is 22.0. The van der Waals surface area contributed by atoms with Crippen LogP contribution in [-0.2, 0) is 13.7 Å². The second-order valence-corrected chi connectivity index (χ2v) is 15.0. The third-order valence-corrected chi connectivity index (χ3v) is 12.6. The van der Waals surface area contributed by atoms with Crippen molar-refractivity contribution in [3.8, 4) is 0 Å². The lowest BCUT2D eigenvalue weighted by molar-refractivity contribution is 0.131. The summed E-state index contributed by atoms with van der Waals surface area (Å²) >= 11 is 0. The summed E-state index contributed by atoms with van der Waals surface area (Å²) in [4.78, 5) is 0. The molecule has 0 unspecified atom stereocenters. The Morgan fingerprint density at radius 2 is 1.45 bits per heavy atom. The molecule has 0 aromatic heterocycles. The number of hydrogen-bond donors (Lipinski definition) is 0. The Kier molecular flexibility index (Phi) is 5.89. The molecule has 2 aromatic rings. The largest absolute Gasteiger partial charge is 0.460 e. The maximum Gasteiger partial charge on any atom is 0.460 e. The minimum atomic E-state index is -2.41. The van der Waals surface area contributed by atoms with E-state index in [-0.39, 0.29) is 12.2 Å². The smallest absolute Gasteiger partial charge is 0.411 e. The molecule has 0 bridgehead atoms. The Hall–Kier alpha value is -1.40. The molecule has 3 nitrogen and oxygen atoms in total. The van der Waals surface area contributed by atoms with Crippen LogP contribution in [0.15, 0.2) is 60.7 Å². The van der Waals surface area contributed by atoms with Gasteiger partial charge in [0.05, 0.1) is 0 Å². The van der Waals surface area contributed by atoms with Crippen LogP contribution in [0.25, 0.3) is 0 Å². The van der Waals surface area contributed by atoms with Gasteiger partial charge in [0.25, 0.3) is 8.32 Å². The third kappa shape index (κ3) is 4.18. The van der Waals surface area contributed by atoms with Crippen molar-refractivity contribution in [3.63, 3.8) is 0 Å². The molecule has 0 amide bonds. The van der Waals surface area contributed by atoms with Gasteiger partial charge >= 0.3 is 7.12 Å². The summed E-state index contributed by atoms with van der Waals surface area (Å²) in [6.07, 6.45) is 3.60. The Bertz CT molecular complexity index is 824. The van der Waals surface area contributed by atoms with E-state index in [0.717, 1.165) is 38.1 Å². The Morgan fingerprint density at radius 1 is 0.871 bits per heavy atom. The van der Waals surface area contributed by atoms with Crippen LogP contribution in [0.4, 0.5) is 0 Å². The second-order valence-electron chi connectivity index (χ2n) is 10.7. The van der Waals surface area contributed by atoms with E-state index in [4.69, 9.17) is 13.7 Å². The fourth-order valence-electron chi connectivity index (χ4n) is 5.77. The molecule has 1 aliphatic heterocycles. The van der Waals surface area contributed by atoms with Crippen LogP contribution in [-0.4, -0.2) is 35.3 Å². The number of hydrogen-bond acceptors (Lipinski definition) is 3. The topological polar surface area (TPSA) is 27.7 Å². The summed E-state index contributed by atoms with van der Waals surface area (Å²) in [6.45, 7) is 9.67. The third-order valence-electron chi connectivity index (χ3n) is 7.55. The van der Waals surface area contributed by atoms with Crippen LogP contribution in [0.3, 0.4) is 0 Å². The maximum atomic E-state index is 7.16. The molecule has 5 rings (SSSR count). The van der Waals surface area contributed by atoms with Crippen LogP contribution in [0.1, 0.15) is 40.0 Å². The molecular formula is C26H35BO3Si. The van der Waals surface area contributed by atoms with E-state index in [0.29, 0.717) is 11.7 Å². The van der Waals surface area contributed by atoms with Gasteiger partial charge in [-0.05, 0) is 58.2 Å². The zero-order valence-corrected chi connectivity index (χ0v) is 20.1. The van der Waals surface area contributed by atoms with Gasteiger partial charge in [0.1, 0.15) is 0 Å². The first-order chi connectivity index (χ1) is 15.0. The fourth-order valence-corrected chi connectivity index (χ4v) is 10.4. The average molecular weight is 434 g/mol. The molecule has 4 atom stereocenters. The van der Waals surface area contributed by atoms with Crippen LogP contribution in [0.2, 0.25) is 10.9 Å². The van der Waals surface area contributed by atoms with Crippen molar-refractivity contribution < 1.29 is 13.7 Å². The molecule has 0 spiro atoms. The summed E-state index contributed by atoms with van der Waals surface area (Å²) < 4.78 is 18.9. The molecule has 2 aromatic carbocycles. The number of benzene rings is 2. The van der Waals surface area contributed by atoms with Crippen molar-refractivity contribution >= 4 is 25.8 Å². The van der Waals surface area contributed by atoms with Crippen molar-refractivity contribution in [1.82, 2.24) is 0 Å². The quantitative estimate of drug-likeness (QED) is 0.600. The predicted molar refractivity (Wildman–Crippen MR) is 129 cm³/mol. The molecule has 0 N–H and O–H groups in total. The van der Waals surface area contributed by atoms with Gasteiger partial charge in [0, 0.05) is 19.8 Å². The van der Waals surface area contributed by atoms with E-state index >= 15 is 0 Å². The van der Waals surface area contributed by atoms with E-state index in [1.54, 1.807) is 0 Å². The van der Waals surface area contributed by atoms with Crippen LogP contribution in [0, 0.1) is 17.8 Å². The van der Waals surface area contributed by atoms with E-state index in [2.05, 4.69) is 81.4 Å². The fraction of sp³-hybridized carbons (Fsp3) is 0.538. The van der Waals surface area contributed by atoms with Crippen LogP contribution < -0.4 is 10.4 Å². The van der Waals surface area contributed by atoms with Crippen molar-refractivity contribution in [2.45, 2.75) is 50.9 Å². The average Bonchev–Trinajstić information content (AvgIpc) is 3.70. The highest BCUT2D eigenvalue weighted by Crippen LogP contribution is 2.62. The van der Waals surface area contributed by atoms with Gasteiger partial charge in [-0.25, -0.2) is 0 Å². The SMILES string of the molecule is CC(C)(C)[Si](OC[C@@H]1C[C@@H]1[C@@H]1C[C@@H]1B1OCCCO1)(c1ccccc1)c1ccccc1. The molecular weight excluding hydrogens is 399 g/mol. The summed E-state index contributed by atoms with van der Waals surface area (Å²) in [5.74, 6) is 2.86. The highest BCUT2D eigenvalue weighted by molar-refractivity contribution is 6.99. The normalized spacial score (nSPS) is 28.4. The molecule has 3 aliphatic rings. The van der Waals surface area contributed by atoms with E-state index in [1.165, 1.54) is 23.2 Å². The monoisotopic (exact) mass is 434 g/mol. The Labute approximate surface area is 188 Å². The summed E-state index contributed by atoms with van der Waals surface area (Å²) in [7, 11) is -2.36. The zero-order chi connectivity index (χ0) is 21.5. The molecule has 1 heterocycles. The lowest BCUT2D eigenvalue weighted by atomic mass is 9.78. The lowest BCUT2D eigenvalue weighted by Crippen LogP contribution is -2.66. The van der Waals surface area contributed by atoms with E-state index in [1.807, 2.05) is 0 Å². The Balaban J connectivity index is 1.32. The van der Waals surface area contributed by atoms with Crippen molar-refractivity contribution in [2.75, 3.05) is 19.8 Å². The molecule has 1 saturated heterocycles. The van der Waals surface area contributed by atoms with Gasteiger partial charge in [-0.1, -0.05) is 81.4 Å². The summed E-state index contributed by atoms with van der Waals surface area (Å²) in [5, 5.41) is 2.80. The minimum Gasteiger partial charge on any atom is -0.411 e. The summed E-state index contributed by atoms with van der Waals surface area (Å²) in [5.41, 5.74) is 0. The minimum absolute atomic E-state index is 0.0476. The van der Waals surface area contributed by atoms with Gasteiger partial charge < -0.3 is 13.7 Å². The van der Waals surface area contributed by atoms with Gasteiger partial charge in [-0.3, -0.25) is 0 Å². The van der Waals surface area contributed by atoms with Crippen molar-refractivity contribution in [2.24, 2.45) is 17.8 Å².